The van der Waals surface area contributed by atoms with Crippen LogP contribution >= 0.6 is 12.4 Å². The van der Waals surface area contributed by atoms with E-state index in [2.05, 4.69) is 4.90 Å². The predicted molar refractivity (Wildman–Crippen MR) is 105 cm³/mol. The molecule has 1 heterocycles. The van der Waals surface area contributed by atoms with Crippen molar-refractivity contribution in [3.05, 3.63) is 0 Å². The van der Waals surface area contributed by atoms with Crippen molar-refractivity contribution < 1.29 is 9.90 Å². The average molecular weight is 362 g/mol. The number of carboxylic acid groups (broad SMARTS) is 1. The van der Waals surface area contributed by atoms with Crippen molar-refractivity contribution in [3.8, 4) is 0 Å². The van der Waals surface area contributed by atoms with Crippen LogP contribution in [-0.4, -0.2) is 35.6 Å². The van der Waals surface area contributed by atoms with Crippen LogP contribution in [0.4, 0.5) is 0 Å². The lowest BCUT2D eigenvalue weighted by Crippen LogP contribution is -2.20. The van der Waals surface area contributed by atoms with E-state index in [1.54, 1.807) is 0 Å². The first-order chi connectivity index (χ1) is 11.3. The largest absolute Gasteiger partial charge is 0.481 e. The number of unbranched alkanes of at least 4 members (excludes halogenated alkanes) is 12. The summed E-state index contributed by atoms with van der Waals surface area (Å²) in [5, 5.41) is 8.55. The Hall–Kier alpha value is -0.280. The summed E-state index contributed by atoms with van der Waals surface area (Å²) in [7, 11) is 0. The molecule has 1 N–H and O–H groups in total. The molecule has 4 heteroatoms. The molecule has 0 spiro atoms. The molecule has 1 fully saturated rings. The maximum absolute atomic E-state index is 10.4. The van der Waals surface area contributed by atoms with E-state index >= 15 is 0 Å². The van der Waals surface area contributed by atoms with Crippen molar-refractivity contribution in [2.75, 3.05) is 19.6 Å². The zero-order chi connectivity index (χ0) is 16.6. The molecule has 1 aliphatic heterocycles. The fourth-order valence-electron chi connectivity index (χ4n) is 3.56. The molecule has 0 unspecified atom stereocenters. The van der Waals surface area contributed by atoms with E-state index in [4.69, 9.17) is 5.11 Å². The van der Waals surface area contributed by atoms with Crippen molar-refractivity contribution in [2.45, 2.75) is 103 Å². The number of hydrogen-bond acceptors (Lipinski definition) is 2. The maximum atomic E-state index is 10.4. The van der Waals surface area contributed by atoms with Crippen molar-refractivity contribution in [2.24, 2.45) is 0 Å². The SMILES string of the molecule is Cl.O=C(O)CCCCCCCCCCCCCCCN1CCCC1. The van der Waals surface area contributed by atoms with Gasteiger partial charge in [0, 0.05) is 6.42 Å². The summed E-state index contributed by atoms with van der Waals surface area (Å²) in [5.74, 6) is -0.652. The Balaban J connectivity index is 0.00000529. The minimum absolute atomic E-state index is 0. The fourth-order valence-corrected chi connectivity index (χ4v) is 3.56. The van der Waals surface area contributed by atoms with Crippen LogP contribution in [0.2, 0.25) is 0 Å². The molecular weight excluding hydrogens is 322 g/mol. The first-order valence-electron chi connectivity index (χ1n) is 10.2. The van der Waals surface area contributed by atoms with Crippen LogP contribution in [0.5, 0.6) is 0 Å². The number of hydrogen-bond donors (Lipinski definition) is 1. The van der Waals surface area contributed by atoms with Crippen LogP contribution in [0.3, 0.4) is 0 Å². The molecule has 0 aromatic carbocycles. The topological polar surface area (TPSA) is 40.5 Å². The first kappa shape index (κ1) is 23.7. The maximum Gasteiger partial charge on any atom is 0.303 e. The summed E-state index contributed by atoms with van der Waals surface area (Å²) in [6, 6.07) is 0. The molecule has 3 nitrogen and oxygen atoms in total. The summed E-state index contributed by atoms with van der Waals surface area (Å²) in [6.07, 6.45) is 20.2. The van der Waals surface area contributed by atoms with Gasteiger partial charge in [-0.15, -0.1) is 12.4 Å². The Bertz CT molecular complexity index is 281. The smallest absolute Gasteiger partial charge is 0.303 e. The molecule has 1 rings (SSSR count). The Labute approximate surface area is 156 Å². The molecule has 0 amide bonds. The number of carbonyl (C=O) groups is 1. The summed E-state index contributed by atoms with van der Waals surface area (Å²) in [4.78, 5) is 13.0. The van der Waals surface area contributed by atoms with Gasteiger partial charge in [-0.3, -0.25) is 4.79 Å². The highest BCUT2D eigenvalue weighted by Gasteiger charge is 2.09. The number of halogens is 1. The van der Waals surface area contributed by atoms with E-state index in [1.807, 2.05) is 0 Å². The van der Waals surface area contributed by atoms with Crippen molar-refractivity contribution >= 4 is 18.4 Å². The predicted octanol–water partition coefficient (Wildman–Crippen LogP) is 6.05. The number of carboxylic acids is 1. The molecule has 0 radical (unpaired) electrons. The van der Waals surface area contributed by atoms with Gasteiger partial charge in [0.2, 0.25) is 0 Å². The van der Waals surface area contributed by atoms with Gasteiger partial charge in [-0.1, -0.05) is 70.6 Å². The molecule has 1 aliphatic rings. The second-order valence-corrected chi connectivity index (χ2v) is 7.29. The van der Waals surface area contributed by atoms with Crippen LogP contribution in [0.15, 0.2) is 0 Å². The molecule has 0 bridgehead atoms. The van der Waals surface area contributed by atoms with Crippen LogP contribution in [0.25, 0.3) is 0 Å². The highest BCUT2D eigenvalue weighted by molar-refractivity contribution is 5.85. The molecule has 24 heavy (non-hydrogen) atoms. The lowest BCUT2D eigenvalue weighted by molar-refractivity contribution is -0.137. The first-order valence-corrected chi connectivity index (χ1v) is 10.2. The molecule has 1 saturated heterocycles. The van der Waals surface area contributed by atoms with Gasteiger partial charge in [-0.2, -0.15) is 0 Å². The zero-order valence-electron chi connectivity index (χ0n) is 15.6. The van der Waals surface area contributed by atoms with Crippen molar-refractivity contribution in [1.82, 2.24) is 4.90 Å². The standard InChI is InChI=1S/C20H39NO2.ClH/c22-20(23)16-12-10-8-6-4-2-1-3-5-7-9-11-13-17-21-18-14-15-19-21;/h1-19H2,(H,22,23);1H. The highest BCUT2D eigenvalue weighted by Crippen LogP contribution is 2.14. The second kappa shape index (κ2) is 17.5. The molecule has 0 atom stereocenters. The molecular formula is C20H40ClNO2. The van der Waals surface area contributed by atoms with Gasteiger partial charge in [0.15, 0.2) is 0 Å². The Morgan fingerprint density at radius 1 is 0.667 bits per heavy atom. The molecule has 0 aliphatic carbocycles. The van der Waals surface area contributed by atoms with Crippen LogP contribution < -0.4 is 0 Å². The van der Waals surface area contributed by atoms with Gasteiger partial charge in [-0.25, -0.2) is 0 Å². The number of aliphatic carboxylic acids is 1. The van der Waals surface area contributed by atoms with E-state index in [9.17, 15) is 4.79 Å². The minimum atomic E-state index is -0.652. The summed E-state index contributed by atoms with van der Waals surface area (Å²) < 4.78 is 0. The lowest BCUT2D eigenvalue weighted by Gasteiger charge is -2.13. The van der Waals surface area contributed by atoms with Crippen LogP contribution in [0.1, 0.15) is 103 Å². The van der Waals surface area contributed by atoms with Gasteiger partial charge in [0.05, 0.1) is 0 Å². The molecule has 144 valence electrons. The number of likely N-dealkylation sites (tertiary alicyclic amines) is 1. The quantitative estimate of drug-likeness (QED) is 0.340. The Kier molecular flexibility index (Phi) is 17.3. The van der Waals surface area contributed by atoms with Crippen molar-refractivity contribution in [1.29, 1.82) is 0 Å². The van der Waals surface area contributed by atoms with Gasteiger partial charge in [0.25, 0.3) is 0 Å². The van der Waals surface area contributed by atoms with E-state index in [1.165, 1.54) is 103 Å². The van der Waals surface area contributed by atoms with Crippen LogP contribution in [-0.2, 0) is 4.79 Å². The summed E-state index contributed by atoms with van der Waals surface area (Å²) in [5.41, 5.74) is 0. The third kappa shape index (κ3) is 15.3. The normalized spacial score (nSPS) is 14.7. The molecule has 0 aromatic rings. The van der Waals surface area contributed by atoms with E-state index in [-0.39, 0.29) is 12.4 Å². The summed E-state index contributed by atoms with van der Waals surface area (Å²) >= 11 is 0. The van der Waals surface area contributed by atoms with Gasteiger partial charge < -0.3 is 10.0 Å². The van der Waals surface area contributed by atoms with Gasteiger partial charge >= 0.3 is 5.97 Å². The Morgan fingerprint density at radius 2 is 1.04 bits per heavy atom. The van der Waals surface area contributed by atoms with Crippen molar-refractivity contribution in [3.63, 3.8) is 0 Å². The minimum Gasteiger partial charge on any atom is -0.481 e. The molecule has 0 aromatic heterocycles. The van der Waals surface area contributed by atoms with E-state index in [0.717, 1.165) is 12.8 Å². The van der Waals surface area contributed by atoms with Crippen LogP contribution in [0, 0.1) is 0 Å². The van der Waals surface area contributed by atoms with Gasteiger partial charge in [0.1, 0.15) is 0 Å². The number of rotatable bonds is 16. The monoisotopic (exact) mass is 361 g/mol. The molecule has 0 saturated carbocycles. The number of nitrogens with zero attached hydrogens (tertiary/aromatic N) is 1. The second-order valence-electron chi connectivity index (χ2n) is 7.29. The highest BCUT2D eigenvalue weighted by atomic mass is 35.5. The summed E-state index contributed by atoms with van der Waals surface area (Å²) in [6.45, 7) is 4.03. The van der Waals surface area contributed by atoms with E-state index < -0.39 is 5.97 Å². The van der Waals surface area contributed by atoms with Gasteiger partial charge in [-0.05, 0) is 45.3 Å². The fraction of sp³-hybridized carbons (Fsp3) is 0.950. The Morgan fingerprint density at radius 3 is 1.46 bits per heavy atom. The lowest BCUT2D eigenvalue weighted by atomic mass is 10.0. The third-order valence-electron chi connectivity index (χ3n) is 5.06. The third-order valence-corrected chi connectivity index (χ3v) is 5.06. The van der Waals surface area contributed by atoms with E-state index in [0.29, 0.717) is 6.42 Å². The average Bonchev–Trinajstić information content (AvgIpc) is 3.04. The zero-order valence-corrected chi connectivity index (χ0v) is 16.5.